The van der Waals surface area contributed by atoms with Crippen LogP contribution in [0.15, 0.2) is 78.8 Å². The number of nitrogens with zero attached hydrogens (tertiary/aromatic N) is 7. The van der Waals surface area contributed by atoms with Crippen LogP contribution in [0, 0.1) is 0 Å². The van der Waals surface area contributed by atoms with Gasteiger partial charge in [-0.15, -0.1) is 0 Å². The van der Waals surface area contributed by atoms with Crippen molar-refractivity contribution in [3.05, 3.63) is 84.5 Å². The average Bonchev–Trinajstić information content (AvgIpc) is 3.62. The standard InChI is InChI=1S/C31H34N8O3/c1-4-6-8-22(5-2)31(42)38-15-13-37(14-16-38)29(40)21-39-20-23-17-25(11-12-27(23)35-39)33-30(41)28-10-7-9-26(34-28)24-18-32-36(3)19-24/h5-12,17-20H,4,13-16,21H2,1-3H3,(H,33,41)/b8-6-,22-5+. The van der Waals surface area contributed by atoms with Gasteiger partial charge in [0.15, 0.2) is 0 Å². The first-order valence-electron chi connectivity index (χ1n) is 14.0. The van der Waals surface area contributed by atoms with Crippen molar-refractivity contribution in [1.82, 2.24) is 34.3 Å². The van der Waals surface area contributed by atoms with E-state index >= 15 is 0 Å². The lowest BCUT2D eigenvalue weighted by molar-refractivity contribution is -0.138. The summed E-state index contributed by atoms with van der Waals surface area (Å²) in [5, 5.41) is 12.4. The van der Waals surface area contributed by atoms with E-state index in [1.165, 1.54) is 0 Å². The quantitative estimate of drug-likeness (QED) is 0.257. The number of hydrogen-bond acceptors (Lipinski definition) is 6. The molecule has 0 atom stereocenters. The fraction of sp³-hybridized carbons (Fsp3) is 0.290. The van der Waals surface area contributed by atoms with Gasteiger partial charge in [-0.05, 0) is 43.7 Å². The SMILES string of the molecule is C/C=C(\C=C/CC)C(=O)N1CCN(C(=O)Cn2cc3cc(NC(=O)c4cccc(-c5cnn(C)c5)n4)ccc3n2)CC1. The van der Waals surface area contributed by atoms with Crippen molar-refractivity contribution >= 4 is 34.3 Å². The Kier molecular flexibility index (Phi) is 8.56. The number of hydrogen-bond donors (Lipinski definition) is 1. The number of benzene rings is 1. The molecule has 5 rings (SSSR count). The van der Waals surface area contributed by atoms with E-state index in [9.17, 15) is 14.4 Å². The normalized spacial score (nSPS) is 14.1. The Bertz CT molecular complexity index is 1670. The van der Waals surface area contributed by atoms with E-state index in [0.29, 0.717) is 54.3 Å². The van der Waals surface area contributed by atoms with Gasteiger partial charge in [0.2, 0.25) is 5.91 Å². The molecule has 4 heterocycles. The summed E-state index contributed by atoms with van der Waals surface area (Å²) in [7, 11) is 1.83. The molecule has 4 aromatic rings. The van der Waals surface area contributed by atoms with Crippen LogP contribution < -0.4 is 5.32 Å². The number of nitrogens with one attached hydrogen (secondary N) is 1. The molecule has 0 unspecified atom stereocenters. The summed E-state index contributed by atoms with van der Waals surface area (Å²) in [4.78, 5) is 46.8. The molecule has 3 amide bonds. The molecule has 0 saturated carbocycles. The highest BCUT2D eigenvalue weighted by molar-refractivity contribution is 6.04. The number of anilines is 1. The monoisotopic (exact) mass is 566 g/mol. The lowest BCUT2D eigenvalue weighted by Crippen LogP contribution is -2.51. The van der Waals surface area contributed by atoms with Crippen LogP contribution in [-0.4, -0.2) is 78.2 Å². The van der Waals surface area contributed by atoms with E-state index in [2.05, 4.69) is 20.5 Å². The van der Waals surface area contributed by atoms with Crippen LogP contribution >= 0.6 is 0 Å². The number of piperazine rings is 1. The zero-order valence-electron chi connectivity index (χ0n) is 24.0. The van der Waals surface area contributed by atoms with Crippen LogP contribution in [0.5, 0.6) is 0 Å². The summed E-state index contributed by atoms with van der Waals surface area (Å²) in [6.45, 7) is 5.92. The van der Waals surface area contributed by atoms with Crippen LogP contribution in [0.25, 0.3) is 22.2 Å². The topological polar surface area (TPSA) is 118 Å². The van der Waals surface area contributed by atoms with Crippen LogP contribution in [0.2, 0.25) is 0 Å². The molecule has 1 aliphatic rings. The highest BCUT2D eigenvalue weighted by atomic mass is 16.2. The van der Waals surface area contributed by atoms with Gasteiger partial charge in [0.05, 0.1) is 17.4 Å². The first kappa shape index (κ1) is 28.5. The van der Waals surface area contributed by atoms with E-state index in [1.54, 1.807) is 49.8 Å². The number of carbonyl (C=O) groups excluding carboxylic acids is 3. The van der Waals surface area contributed by atoms with Crippen LogP contribution in [0.1, 0.15) is 30.8 Å². The highest BCUT2D eigenvalue weighted by Gasteiger charge is 2.25. The minimum Gasteiger partial charge on any atom is -0.338 e. The summed E-state index contributed by atoms with van der Waals surface area (Å²) >= 11 is 0. The number of pyridine rings is 1. The van der Waals surface area contributed by atoms with Gasteiger partial charge >= 0.3 is 0 Å². The van der Waals surface area contributed by atoms with Crippen LogP contribution in [0.4, 0.5) is 5.69 Å². The fourth-order valence-electron chi connectivity index (χ4n) is 4.82. The maximum absolute atomic E-state index is 13.0. The molecule has 1 N–H and O–H groups in total. The Morgan fingerprint density at radius 3 is 2.52 bits per heavy atom. The predicted molar refractivity (Wildman–Crippen MR) is 160 cm³/mol. The van der Waals surface area contributed by atoms with Gasteiger partial charge in [0.25, 0.3) is 11.8 Å². The molecule has 1 aromatic carbocycles. The predicted octanol–water partition coefficient (Wildman–Crippen LogP) is 3.67. The summed E-state index contributed by atoms with van der Waals surface area (Å²) in [5.74, 6) is -0.393. The van der Waals surface area contributed by atoms with Gasteiger partial charge in [-0.3, -0.25) is 23.7 Å². The van der Waals surface area contributed by atoms with E-state index in [1.807, 2.05) is 63.5 Å². The molecule has 0 spiro atoms. The van der Waals surface area contributed by atoms with Crippen molar-refractivity contribution < 1.29 is 14.4 Å². The number of aryl methyl sites for hydroxylation is 1. The van der Waals surface area contributed by atoms with Crippen molar-refractivity contribution in [3.8, 4) is 11.3 Å². The average molecular weight is 567 g/mol. The van der Waals surface area contributed by atoms with Crippen molar-refractivity contribution in [2.24, 2.45) is 7.05 Å². The molecule has 42 heavy (non-hydrogen) atoms. The summed E-state index contributed by atoms with van der Waals surface area (Å²) in [6, 6.07) is 10.7. The molecule has 0 bridgehead atoms. The summed E-state index contributed by atoms with van der Waals surface area (Å²) in [6.07, 6.45) is 11.9. The Morgan fingerprint density at radius 1 is 1.02 bits per heavy atom. The first-order valence-corrected chi connectivity index (χ1v) is 14.0. The van der Waals surface area contributed by atoms with Gasteiger partial charge in [-0.25, -0.2) is 4.98 Å². The number of aromatic nitrogens is 5. The first-order chi connectivity index (χ1) is 20.3. The summed E-state index contributed by atoms with van der Waals surface area (Å²) in [5.41, 5.74) is 3.77. The third-order valence-electron chi connectivity index (χ3n) is 7.10. The van der Waals surface area contributed by atoms with Crippen molar-refractivity contribution in [2.75, 3.05) is 31.5 Å². The molecule has 11 heteroatoms. The molecule has 1 aliphatic heterocycles. The third-order valence-corrected chi connectivity index (χ3v) is 7.10. The van der Waals surface area contributed by atoms with Crippen LogP contribution in [0.3, 0.4) is 0 Å². The number of amides is 3. The second-order valence-corrected chi connectivity index (χ2v) is 10.1. The van der Waals surface area contributed by atoms with Crippen molar-refractivity contribution in [3.63, 3.8) is 0 Å². The zero-order chi connectivity index (χ0) is 29.6. The minimum atomic E-state index is -0.330. The number of rotatable bonds is 8. The van der Waals surface area contributed by atoms with E-state index in [-0.39, 0.29) is 24.3 Å². The van der Waals surface area contributed by atoms with E-state index in [4.69, 9.17) is 0 Å². The molecule has 1 fully saturated rings. The third kappa shape index (κ3) is 6.46. The number of fused-ring (bicyclic) bond motifs is 1. The molecule has 216 valence electrons. The van der Waals surface area contributed by atoms with Gasteiger partial charge in [-0.1, -0.05) is 31.2 Å². The number of allylic oxidation sites excluding steroid dienone is 2. The minimum absolute atomic E-state index is 0.00694. The number of carbonyl (C=O) groups is 3. The second-order valence-electron chi connectivity index (χ2n) is 10.1. The van der Waals surface area contributed by atoms with Crippen molar-refractivity contribution in [1.29, 1.82) is 0 Å². The Morgan fingerprint density at radius 2 is 1.81 bits per heavy atom. The Hall–Kier alpha value is -5.06. The maximum atomic E-state index is 13.0. The zero-order valence-corrected chi connectivity index (χ0v) is 24.0. The second kappa shape index (κ2) is 12.6. The molecule has 0 radical (unpaired) electrons. The molecule has 1 saturated heterocycles. The summed E-state index contributed by atoms with van der Waals surface area (Å²) < 4.78 is 3.30. The Balaban J connectivity index is 1.19. The van der Waals surface area contributed by atoms with E-state index < -0.39 is 0 Å². The smallest absolute Gasteiger partial charge is 0.274 e. The molecular weight excluding hydrogens is 532 g/mol. The van der Waals surface area contributed by atoms with Gasteiger partial charge < -0.3 is 15.1 Å². The van der Waals surface area contributed by atoms with Gasteiger partial charge in [0, 0.05) is 67.8 Å². The highest BCUT2D eigenvalue weighted by Crippen LogP contribution is 2.20. The molecular formula is C31H34N8O3. The molecule has 11 nitrogen and oxygen atoms in total. The maximum Gasteiger partial charge on any atom is 0.274 e. The molecule has 0 aliphatic carbocycles. The Labute approximate surface area is 244 Å². The van der Waals surface area contributed by atoms with Crippen molar-refractivity contribution in [2.45, 2.75) is 26.8 Å². The van der Waals surface area contributed by atoms with Gasteiger partial charge in [0.1, 0.15) is 12.2 Å². The fourth-order valence-corrected chi connectivity index (χ4v) is 4.82. The van der Waals surface area contributed by atoms with Crippen LogP contribution in [-0.2, 0) is 23.2 Å². The molecule has 3 aromatic heterocycles. The largest absolute Gasteiger partial charge is 0.338 e. The van der Waals surface area contributed by atoms with Gasteiger partial charge in [-0.2, -0.15) is 10.2 Å². The lowest BCUT2D eigenvalue weighted by Gasteiger charge is -2.35. The van der Waals surface area contributed by atoms with E-state index in [0.717, 1.165) is 17.4 Å². The lowest BCUT2D eigenvalue weighted by atomic mass is 10.1.